The molecule has 0 saturated carbocycles. The van der Waals surface area contributed by atoms with Gasteiger partial charge in [-0.25, -0.2) is 4.79 Å². The van der Waals surface area contributed by atoms with Crippen molar-refractivity contribution >= 4 is 17.9 Å². The van der Waals surface area contributed by atoms with Crippen LogP contribution in [0.2, 0.25) is 0 Å². The standard InChI is InChI=1S/C18H36N2O2S/c1-14(10-12-23-6)19-15(2)13-16-9-7-8-11-20(16)17(21)22-18(3,4)5/h14-16,19H,7-13H2,1-6H3. The Labute approximate surface area is 147 Å². The van der Waals surface area contributed by atoms with Crippen LogP contribution in [0.4, 0.5) is 4.79 Å². The molecule has 0 spiro atoms. The first-order valence-electron chi connectivity index (χ1n) is 8.97. The number of piperidine rings is 1. The third kappa shape index (κ3) is 8.30. The van der Waals surface area contributed by atoms with E-state index in [0.717, 1.165) is 25.8 Å². The molecule has 1 heterocycles. The van der Waals surface area contributed by atoms with Gasteiger partial charge in [-0.05, 0) is 78.7 Å². The third-order valence-corrected chi connectivity index (χ3v) is 4.85. The Morgan fingerprint density at radius 3 is 2.61 bits per heavy atom. The maximum absolute atomic E-state index is 12.4. The summed E-state index contributed by atoms with van der Waals surface area (Å²) in [7, 11) is 0. The third-order valence-electron chi connectivity index (χ3n) is 4.20. The van der Waals surface area contributed by atoms with Gasteiger partial charge in [0.05, 0.1) is 0 Å². The molecule has 1 N–H and O–H groups in total. The molecule has 0 radical (unpaired) electrons. The van der Waals surface area contributed by atoms with E-state index in [9.17, 15) is 4.79 Å². The van der Waals surface area contributed by atoms with Gasteiger partial charge in [-0.15, -0.1) is 0 Å². The van der Waals surface area contributed by atoms with Gasteiger partial charge < -0.3 is 15.0 Å². The highest BCUT2D eigenvalue weighted by molar-refractivity contribution is 7.98. The number of carbonyl (C=O) groups excluding carboxylic acids is 1. The van der Waals surface area contributed by atoms with E-state index in [-0.39, 0.29) is 6.09 Å². The van der Waals surface area contributed by atoms with E-state index in [1.54, 1.807) is 0 Å². The first kappa shape index (κ1) is 20.6. The highest BCUT2D eigenvalue weighted by Gasteiger charge is 2.31. The fraction of sp³-hybridized carbons (Fsp3) is 0.944. The van der Waals surface area contributed by atoms with E-state index in [1.165, 1.54) is 18.6 Å². The molecule has 0 aromatic heterocycles. The Hall–Kier alpha value is -0.420. The Balaban J connectivity index is 2.52. The van der Waals surface area contributed by atoms with E-state index in [4.69, 9.17) is 4.74 Å². The van der Waals surface area contributed by atoms with Crippen molar-refractivity contribution in [2.75, 3.05) is 18.6 Å². The van der Waals surface area contributed by atoms with E-state index in [2.05, 4.69) is 25.4 Å². The van der Waals surface area contributed by atoms with Gasteiger partial charge >= 0.3 is 6.09 Å². The number of nitrogens with zero attached hydrogens (tertiary/aromatic N) is 1. The maximum Gasteiger partial charge on any atom is 0.410 e. The number of ether oxygens (including phenoxy) is 1. The first-order chi connectivity index (χ1) is 10.7. The molecule has 1 fully saturated rings. The van der Waals surface area contributed by atoms with Gasteiger partial charge in [-0.2, -0.15) is 11.8 Å². The quantitative estimate of drug-likeness (QED) is 0.748. The number of thioether (sulfide) groups is 1. The Bertz CT molecular complexity index is 357. The minimum absolute atomic E-state index is 0.148. The van der Waals surface area contributed by atoms with Crippen molar-refractivity contribution in [2.24, 2.45) is 0 Å². The molecule has 0 aromatic rings. The predicted molar refractivity (Wildman–Crippen MR) is 100 cm³/mol. The number of likely N-dealkylation sites (tertiary alicyclic amines) is 1. The number of rotatable bonds is 7. The van der Waals surface area contributed by atoms with Crippen LogP contribution in [0.3, 0.4) is 0 Å². The molecule has 0 aliphatic carbocycles. The molecule has 3 unspecified atom stereocenters. The minimum Gasteiger partial charge on any atom is -0.444 e. The second kappa shape index (κ2) is 9.77. The summed E-state index contributed by atoms with van der Waals surface area (Å²) in [5.74, 6) is 1.19. The summed E-state index contributed by atoms with van der Waals surface area (Å²) < 4.78 is 5.59. The van der Waals surface area contributed by atoms with Crippen LogP contribution < -0.4 is 5.32 Å². The molecule has 1 saturated heterocycles. The molecular formula is C18H36N2O2S. The summed E-state index contributed by atoms with van der Waals surface area (Å²) >= 11 is 1.89. The number of hydrogen-bond acceptors (Lipinski definition) is 4. The van der Waals surface area contributed by atoms with Crippen molar-refractivity contribution in [1.82, 2.24) is 10.2 Å². The average Bonchev–Trinajstić information content (AvgIpc) is 2.43. The molecular weight excluding hydrogens is 308 g/mol. The van der Waals surface area contributed by atoms with E-state index >= 15 is 0 Å². The zero-order valence-corrected chi connectivity index (χ0v) is 16.7. The summed E-state index contributed by atoms with van der Waals surface area (Å²) in [6.07, 6.45) is 7.57. The minimum atomic E-state index is -0.421. The van der Waals surface area contributed by atoms with Crippen molar-refractivity contribution in [2.45, 2.75) is 90.4 Å². The van der Waals surface area contributed by atoms with Crippen molar-refractivity contribution in [3.63, 3.8) is 0 Å². The van der Waals surface area contributed by atoms with Gasteiger partial charge in [-0.1, -0.05) is 0 Å². The Morgan fingerprint density at radius 1 is 1.30 bits per heavy atom. The fourth-order valence-corrected chi connectivity index (χ4v) is 3.74. The van der Waals surface area contributed by atoms with Gasteiger partial charge in [0.2, 0.25) is 0 Å². The lowest BCUT2D eigenvalue weighted by molar-refractivity contribution is 0.00781. The lowest BCUT2D eigenvalue weighted by atomic mass is 9.96. The van der Waals surface area contributed by atoms with Crippen LogP contribution in [0.1, 0.15) is 66.7 Å². The molecule has 0 bridgehead atoms. The van der Waals surface area contributed by atoms with E-state index in [0.29, 0.717) is 18.1 Å². The zero-order valence-electron chi connectivity index (χ0n) is 15.9. The second-order valence-electron chi connectivity index (χ2n) is 7.81. The van der Waals surface area contributed by atoms with Gasteiger partial charge in [0, 0.05) is 24.7 Å². The van der Waals surface area contributed by atoms with Gasteiger partial charge in [0.15, 0.2) is 0 Å². The van der Waals surface area contributed by atoms with Crippen LogP contribution in [-0.4, -0.2) is 53.3 Å². The Kier molecular flexibility index (Phi) is 8.76. The Morgan fingerprint density at radius 2 is 2.00 bits per heavy atom. The molecule has 1 rings (SSSR count). The van der Waals surface area contributed by atoms with Crippen LogP contribution in [-0.2, 0) is 4.74 Å². The summed E-state index contributed by atoms with van der Waals surface area (Å²) in [5.41, 5.74) is -0.421. The van der Waals surface area contributed by atoms with Crippen molar-refractivity contribution in [3.8, 4) is 0 Å². The average molecular weight is 345 g/mol. The number of nitrogens with one attached hydrogen (secondary N) is 1. The number of hydrogen-bond donors (Lipinski definition) is 1. The molecule has 1 amide bonds. The topological polar surface area (TPSA) is 41.6 Å². The van der Waals surface area contributed by atoms with E-state index in [1.807, 2.05) is 37.4 Å². The molecule has 1 aliphatic rings. The largest absolute Gasteiger partial charge is 0.444 e. The van der Waals surface area contributed by atoms with E-state index < -0.39 is 5.60 Å². The highest BCUT2D eigenvalue weighted by Crippen LogP contribution is 2.23. The summed E-state index contributed by atoms with van der Waals surface area (Å²) in [5, 5.41) is 3.68. The fourth-order valence-electron chi connectivity index (χ4n) is 3.15. The van der Waals surface area contributed by atoms with Crippen LogP contribution in [0.15, 0.2) is 0 Å². The lowest BCUT2D eigenvalue weighted by Gasteiger charge is -2.38. The monoisotopic (exact) mass is 344 g/mol. The predicted octanol–water partition coefficient (Wildman–Crippen LogP) is 4.29. The summed E-state index contributed by atoms with van der Waals surface area (Å²) in [6.45, 7) is 11.1. The first-order valence-corrected chi connectivity index (χ1v) is 10.4. The van der Waals surface area contributed by atoms with Crippen molar-refractivity contribution in [3.05, 3.63) is 0 Å². The molecule has 3 atom stereocenters. The zero-order chi connectivity index (χ0) is 17.5. The van der Waals surface area contributed by atoms with Crippen molar-refractivity contribution in [1.29, 1.82) is 0 Å². The molecule has 0 aromatic carbocycles. The molecule has 1 aliphatic heterocycles. The maximum atomic E-state index is 12.4. The van der Waals surface area contributed by atoms with Crippen molar-refractivity contribution < 1.29 is 9.53 Å². The van der Waals surface area contributed by atoms with Crippen LogP contribution in [0.25, 0.3) is 0 Å². The molecule has 23 heavy (non-hydrogen) atoms. The van der Waals surface area contributed by atoms with Crippen LogP contribution in [0.5, 0.6) is 0 Å². The smallest absolute Gasteiger partial charge is 0.410 e. The molecule has 136 valence electrons. The normalized spacial score (nSPS) is 21.8. The molecule has 4 nitrogen and oxygen atoms in total. The lowest BCUT2D eigenvalue weighted by Crippen LogP contribution is -2.49. The molecule has 5 heteroatoms. The van der Waals surface area contributed by atoms with Gasteiger partial charge in [0.25, 0.3) is 0 Å². The SMILES string of the molecule is CSCCC(C)NC(C)CC1CCCCN1C(=O)OC(C)(C)C. The second-order valence-corrected chi connectivity index (χ2v) is 8.79. The highest BCUT2D eigenvalue weighted by atomic mass is 32.2. The number of amides is 1. The van der Waals surface area contributed by atoms with Crippen LogP contribution in [0, 0.1) is 0 Å². The number of carbonyl (C=O) groups is 1. The van der Waals surface area contributed by atoms with Gasteiger partial charge in [0.1, 0.15) is 5.60 Å². The van der Waals surface area contributed by atoms with Gasteiger partial charge in [-0.3, -0.25) is 0 Å². The summed E-state index contributed by atoms with van der Waals surface area (Å²) in [4.78, 5) is 14.4. The van der Waals surface area contributed by atoms with Crippen LogP contribution >= 0.6 is 11.8 Å². The summed E-state index contributed by atoms with van der Waals surface area (Å²) in [6, 6.07) is 1.24.